The van der Waals surface area contributed by atoms with Crippen molar-refractivity contribution in [3.05, 3.63) is 29.8 Å². The minimum absolute atomic E-state index is 0.0388. The number of hydrogen-bond donors (Lipinski definition) is 1. The minimum Gasteiger partial charge on any atom is -0.496 e. The van der Waals surface area contributed by atoms with Gasteiger partial charge in [0.15, 0.2) is 0 Å². The molecule has 4 heteroatoms. The molecule has 1 fully saturated rings. The van der Waals surface area contributed by atoms with E-state index in [0.29, 0.717) is 13.0 Å². The van der Waals surface area contributed by atoms with Gasteiger partial charge in [0, 0.05) is 24.6 Å². The van der Waals surface area contributed by atoms with E-state index in [1.54, 1.807) is 14.2 Å². The molecule has 0 aliphatic heterocycles. The molecule has 1 aliphatic carbocycles. The SMILES string of the molecule is COCC1(CNC(=O)Cc2ccccc2OC)CCC1. The van der Waals surface area contributed by atoms with Crippen LogP contribution in [0.2, 0.25) is 0 Å². The summed E-state index contributed by atoms with van der Waals surface area (Å²) in [5.74, 6) is 0.801. The second-order valence-electron chi connectivity index (χ2n) is 5.55. The lowest BCUT2D eigenvalue weighted by atomic mass is 9.69. The first-order valence-electron chi connectivity index (χ1n) is 7.07. The highest BCUT2D eigenvalue weighted by molar-refractivity contribution is 5.79. The van der Waals surface area contributed by atoms with Crippen molar-refractivity contribution in [3.8, 4) is 5.75 Å². The van der Waals surface area contributed by atoms with E-state index in [-0.39, 0.29) is 11.3 Å². The summed E-state index contributed by atoms with van der Waals surface area (Å²) >= 11 is 0. The standard InChI is InChI=1S/C16H23NO3/c1-19-12-16(8-5-9-16)11-17-15(18)10-13-6-3-4-7-14(13)20-2/h3-4,6-7H,5,8-12H2,1-2H3,(H,17,18). The average molecular weight is 277 g/mol. The number of para-hydroxylation sites is 1. The van der Waals surface area contributed by atoms with Gasteiger partial charge in [-0.25, -0.2) is 0 Å². The van der Waals surface area contributed by atoms with Crippen LogP contribution >= 0.6 is 0 Å². The molecule has 0 radical (unpaired) electrons. The summed E-state index contributed by atoms with van der Waals surface area (Å²) in [5.41, 5.74) is 1.08. The Balaban J connectivity index is 1.86. The smallest absolute Gasteiger partial charge is 0.224 e. The molecule has 1 aromatic rings. The number of carbonyl (C=O) groups excluding carboxylic acids is 1. The summed E-state index contributed by atoms with van der Waals surface area (Å²) in [4.78, 5) is 12.1. The predicted octanol–water partition coefficient (Wildman–Crippen LogP) is 2.17. The first kappa shape index (κ1) is 14.9. The van der Waals surface area contributed by atoms with Crippen molar-refractivity contribution in [3.63, 3.8) is 0 Å². The van der Waals surface area contributed by atoms with Gasteiger partial charge in [-0.1, -0.05) is 24.6 Å². The zero-order valence-corrected chi connectivity index (χ0v) is 12.3. The fourth-order valence-corrected chi connectivity index (χ4v) is 2.73. The molecule has 4 nitrogen and oxygen atoms in total. The Morgan fingerprint density at radius 1 is 1.30 bits per heavy atom. The van der Waals surface area contributed by atoms with Crippen molar-refractivity contribution in [1.29, 1.82) is 0 Å². The van der Waals surface area contributed by atoms with Gasteiger partial charge in [-0.3, -0.25) is 4.79 Å². The molecule has 1 saturated carbocycles. The van der Waals surface area contributed by atoms with Crippen molar-refractivity contribution in [2.75, 3.05) is 27.4 Å². The zero-order valence-electron chi connectivity index (χ0n) is 12.3. The van der Waals surface area contributed by atoms with Gasteiger partial charge in [0.2, 0.25) is 5.91 Å². The maximum absolute atomic E-state index is 12.1. The van der Waals surface area contributed by atoms with Gasteiger partial charge in [0.25, 0.3) is 0 Å². The molecule has 0 bridgehead atoms. The number of methoxy groups -OCH3 is 2. The highest BCUT2D eigenvalue weighted by Gasteiger charge is 2.37. The molecule has 110 valence electrons. The Morgan fingerprint density at radius 3 is 2.65 bits per heavy atom. The molecular formula is C16H23NO3. The van der Waals surface area contributed by atoms with Crippen LogP contribution in [0.15, 0.2) is 24.3 Å². The van der Waals surface area contributed by atoms with Gasteiger partial charge >= 0.3 is 0 Å². The van der Waals surface area contributed by atoms with Gasteiger partial charge in [0.1, 0.15) is 5.75 Å². The van der Waals surface area contributed by atoms with Crippen LogP contribution in [0.25, 0.3) is 0 Å². The topological polar surface area (TPSA) is 47.6 Å². The molecular weight excluding hydrogens is 254 g/mol. The van der Waals surface area contributed by atoms with Crippen LogP contribution < -0.4 is 10.1 Å². The third kappa shape index (κ3) is 3.51. The van der Waals surface area contributed by atoms with Crippen molar-refractivity contribution >= 4 is 5.91 Å². The summed E-state index contributed by atoms with van der Waals surface area (Å²) in [6.07, 6.45) is 3.85. The van der Waals surface area contributed by atoms with Crippen molar-refractivity contribution in [2.45, 2.75) is 25.7 Å². The van der Waals surface area contributed by atoms with Crippen LogP contribution in [-0.2, 0) is 16.0 Å². The first-order valence-corrected chi connectivity index (χ1v) is 7.07. The number of carbonyl (C=O) groups is 1. The average Bonchev–Trinajstić information content (AvgIpc) is 2.42. The molecule has 1 aromatic carbocycles. The Hall–Kier alpha value is -1.55. The van der Waals surface area contributed by atoms with Crippen LogP contribution in [0.1, 0.15) is 24.8 Å². The molecule has 1 aliphatic rings. The van der Waals surface area contributed by atoms with E-state index in [9.17, 15) is 4.79 Å². The number of nitrogens with one attached hydrogen (secondary N) is 1. The largest absolute Gasteiger partial charge is 0.496 e. The molecule has 1 N–H and O–H groups in total. The molecule has 0 aromatic heterocycles. The quantitative estimate of drug-likeness (QED) is 0.831. The summed E-state index contributed by atoms with van der Waals surface area (Å²) < 4.78 is 10.5. The second-order valence-corrected chi connectivity index (χ2v) is 5.55. The van der Waals surface area contributed by atoms with Gasteiger partial charge in [-0.05, 0) is 18.9 Å². The molecule has 20 heavy (non-hydrogen) atoms. The lowest BCUT2D eigenvalue weighted by molar-refractivity contribution is -0.121. The van der Waals surface area contributed by atoms with Gasteiger partial charge < -0.3 is 14.8 Å². The maximum atomic E-state index is 12.1. The third-order valence-corrected chi connectivity index (χ3v) is 4.07. The van der Waals surface area contributed by atoms with Gasteiger partial charge in [-0.2, -0.15) is 0 Å². The van der Waals surface area contributed by atoms with Gasteiger partial charge in [0.05, 0.1) is 20.1 Å². The number of rotatable bonds is 7. The fraction of sp³-hybridized carbons (Fsp3) is 0.562. The van der Waals surface area contributed by atoms with E-state index >= 15 is 0 Å². The van der Waals surface area contributed by atoms with Crippen LogP contribution in [0, 0.1) is 5.41 Å². The number of ether oxygens (including phenoxy) is 2. The van der Waals surface area contributed by atoms with Crippen LogP contribution in [0.4, 0.5) is 0 Å². The van der Waals surface area contributed by atoms with Gasteiger partial charge in [-0.15, -0.1) is 0 Å². The molecule has 1 amide bonds. The number of amides is 1. The summed E-state index contributed by atoms with van der Waals surface area (Å²) in [7, 11) is 3.34. The fourth-order valence-electron chi connectivity index (χ4n) is 2.73. The van der Waals surface area contributed by atoms with Crippen molar-refractivity contribution < 1.29 is 14.3 Å². The molecule has 0 heterocycles. The highest BCUT2D eigenvalue weighted by Crippen LogP contribution is 2.40. The van der Waals surface area contributed by atoms with Crippen LogP contribution in [0.5, 0.6) is 5.75 Å². The normalized spacial score (nSPS) is 16.3. The number of hydrogen-bond acceptors (Lipinski definition) is 3. The number of benzene rings is 1. The van der Waals surface area contributed by atoms with E-state index < -0.39 is 0 Å². The lowest BCUT2D eigenvalue weighted by Crippen LogP contribution is -2.45. The zero-order chi connectivity index (χ0) is 14.4. The molecule has 0 saturated heterocycles. The molecule has 2 rings (SSSR count). The Bertz CT molecular complexity index is 455. The third-order valence-electron chi connectivity index (χ3n) is 4.07. The molecule has 0 unspecified atom stereocenters. The Labute approximate surface area is 120 Å². The van der Waals surface area contributed by atoms with Crippen molar-refractivity contribution in [2.24, 2.45) is 5.41 Å². The molecule has 0 atom stereocenters. The van der Waals surface area contributed by atoms with E-state index in [4.69, 9.17) is 9.47 Å². The Kier molecular flexibility index (Phi) is 5.01. The summed E-state index contributed by atoms with van der Waals surface area (Å²) in [6.45, 7) is 1.43. The van der Waals surface area contributed by atoms with Crippen LogP contribution in [-0.4, -0.2) is 33.3 Å². The minimum atomic E-state index is 0.0388. The van der Waals surface area contributed by atoms with Crippen molar-refractivity contribution in [1.82, 2.24) is 5.32 Å². The maximum Gasteiger partial charge on any atom is 0.224 e. The second kappa shape index (κ2) is 6.75. The summed E-state index contributed by atoms with van der Waals surface area (Å²) in [5, 5.41) is 3.04. The lowest BCUT2D eigenvalue weighted by Gasteiger charge is -2.41. The predicted molar refractivity (Wildman–Crippen MR) is 77.9 cm³/mol. The Morgan fingerprint density at radius 2 is 2.05 bits per heavy atom. The highest BCUT2D eigenvalue weighted by atomic mass is 16.5. The first-order chi connectivity index (χ1) is 9.69. The van der Waals surface area contributed by atoms with E-state index in [2.05, 4.69) is 5.32 Å². The molecule has 0 spiro atoms. The van der Waals surface area contributed by atoms with E-state index in [0.717, 1.165) is 30.8 Å². The van der Waals surface area contributed by atoms with E-state index in [1.165, 1.54) is 6.42 Å². The van der Waals surface area contributed by atoms with Crippen LogP contribution in [0.3, 0.4) is 0 Å². The summed E-state index contributed by atoms with van der Waals surface area (Å²) in [6, 6.07) is 7.62. The van der Waals surface area contributed by atoms with E-state index in [1.807, 2.05) is 24.3 Å². The monoisotopic (exact) mass is 277 g/mol.